The molecule has 1 aliphatic heterocycles. The molecule has 1 fully saturated rings. The summed E-state index contributed by atoms with van der Waals surface area (Å²) in [5.41, 5.74) is 2.68. The van der Waals surface area contributed by atoms with E-state index in [-0.39, 0.29) is 10.8 Å². The van der Waals surface area contributed by atoms with E-state index in [0.29, 0.717) is 19.8 Å². The third kappa shape index (κ3) is 7.86. The molecule has 4 heteroatoms. The van der Waals surface area contributed by atoms with Crippen LogP contribution in [0.15, 0.2) is 18.2 Å². The van der Waals surface area contributed by atoms with Crippen LogP contribution in [0.1, 0.15) is 78.4 Å². The number of likely N-dealkylation sites (N-methyl/N-ethyl adjacent to an activating group) is 1. The number of benzene rings is 1. The van der Waals surface area contributed by atoms with Crippen LogP contribution in [0.5, 0.6) is 5.75 Å². The summed E-state index contributed by atoms with van der Waals surface area (Å²) in [6.07, 6.45) is 4.77. The minimum atomic E-state index is -0.413. The molecule has 1 N–H and O–H groups in total. The largest absolute Gasteiger partial charge is 0.491 e. The van der Waals surface area contributed by atoms with Gasteiger partial charge in [-0.25, -0.2) is 0 Å². The fraction of sp³-hybridized carbons (Fsp3) is 0.769. The van der Waals surface area contributed by atoms with E-state index in [0.717, 1.165) is 16.8 Å². The Hall–Kier alpha value is -1.10. The number of hydrogen-bond acceptors (Lipinski definition) is 3. The number of aliphatic hydroxyl groups excluding tert-OH is 1. The smallest absolute Gasteiger partial charge is 0.126 e. The van der Waals surface area contributed by atoms with E-state index in [1.165, 1.54) is 49.9 Å². The second-order valence-corrected chi connectivity index (χ2v) is 11.5. The fourth-order valence-corrected chi connectivity index (χ4v) is 4.33. The monoisotopic (exact) mass is 420 g/mol. The van der Waals surface area contributed by atoms with E-state index >= 15 is 0 Å². The van der Waals surface area contributed by atoms with Crippen LogP contribution in [0.2, 0.25) is 0 Å². The fourth-order valence-electron chi connectivity index (χ4n) is 4.33. The Morgan fingerprint density at radius 3 is 2.13 bits per heavy atom. The van der Waals surface area contributed by atoms with Gasteiger partial charge in [0, 0.05) is 0 Å². The number of rotatable bonds is 8. The first-order valence-electron chi connectivity index (χ1n) is 11.8. The molecule has 172 valence electrons. The average molecular weight is 421 g/mol. The first-order chi connectivity index (χ1) is 13.9. The standard InChI is InChI=1S/C26H46NO3/c1-25(2,3)21-12-13-24(23(18-21)26(4,5)6)30-17-16-29-20-22(28)19-27(7)14-10-8-9-11-15-27/h12-13,18,22,28H,8-11,14-17,19-20H2,1-7H3/q+1/t22-/m0/s1. The van der Waals surface area contributed by atoms with E-state index in [2.05, 4.69) is 66.8 Å². The van der Waals surface area contributed by atoms with Gasteiger partial charge in [-0.05, 0) is 53.7 Å². The molecule has 1 aliphatic rings. The van der Waals surface area contributed by atoms with Gasteiger partial charge in [0.15, 0.2) is 0 Å². The zero-order chi connectivity index (χ0) is 22.4. The van der Waals surface area contributed by atoms with Crippen molar-refractivity contribution in [1.82, 2.24) is 0 Å². The average Bonchev–Trinajstić information content (AvgIpc) is 2.84. The summed E-state index contributed by atoms with van der Waals surface area (Å²) in [7, 11) is 2.27. The van der Waals surface area contributed by atoms with Crippen LogP contribution in [0.25, 0.3) is 0 Å². The lowest BCUT2D eigenvalue weighted by Gasteiger charge is -2.35. The van der Waals surface area contributed by atoms with Crippen molar-refractivity contribution >= 4 is 0 Å². The number of likely N-dealkylation sites (tertiary alicyclic amines) is 1. The van der Waals surface area contributed by atoms with E-state index in [4.69, 9.17) is 9.47 Å². The van der Waals surface area contributed by atoms with Gasteiger partial charge in [-0.3, -0.25) is 0 Å². The maximum absolute atomic E-state index is 10.5. The maximum Gasteiger partial charge on any atom is 0.126 e. The summed E-state index contributed by atoms with van der Waals surface area (Å²) < 4.78 is 12.8. The van der Waals surface area contributed by atoms with Gasteiger partial charge in [-0.1, -0.05) is 53.7 Å². The van der Waals surface area contributed by atoms with E-state index < -0.39 is 6.10 Å². The number of nitrogens with zero attached hydrogens (tertiary/aromatic N) is 1. The first kappa shape index (κ1) is 25.2. The lowest BCUT2D eigenvalue weighted by Crippen LogP contribution is -2.50. The molecule has 1 heterocycles. The van der Waals surface area contributed by atoms with Crippen molar-refractivity contribution in [3.05, 3.63) is 29.3 Å². The molecule has 0 amide bonds. The van der Waals surface area contributed by atoms with Crippen molar-refractivity contribution in [1.29, 1.82) is 0 Å². The van der Waals surface area contributed by atoms with Gasteiger partial charge in [0.1, 0.15) is 25.0 Å². The molecule has 0 saturated carbocycles. The van der Waals surface area contributed by atoms with Gasteiger partial charge in [0.2, 0.25) is 0 Å². The molecule has 1 aromatic carbocycles. The van der Waals surface area contributed by atoms with Crippen molar-refractivity contribution in [3.8, 4) is 5.75 Å². The molecule has 30 heavy (non-hydrogen) atoms. The quantitative estimate of drug-likeness (QED) is 0.472. The summed E-state index contributed by atoms with van der Waals surface area (Å²) in [4.78, 5) is 0. The van der Waals surface area contributed by atoms with Gasteiger partial charge in [-0.2, -0.15) is 0 Å². The van der Waals surface area contributed by atoms with Crippen LogP contribution in [0, 0.1) is 0 Å². The van der Waals surface area contributed by atoms with Crippen LogP contribution in [0.3, 0.4) is 0 Å². The highest BCUT2D eigenvalue weighted by atomic mass is 16.5. The van der Waals surface area contributed by atoms with Crippen LogP contribution in [0.4, 0.5) is 0 Å². The van der Waals surface area contributed by atoms with Crippen molar-refractivity contribution in [2.45, 2.75) is 84.2 Å². The van der Waals surface area contributed by atoms with Gasteiger partial charge in [0.25, 0.3) is 0 Å². The second kappa shape index (κ2) is 10.5. The zero-order valence-electron chi connectivity index (χ0n) is 20.6. The third-order valence-corrected chi connectivity index (χ3v) is 6.25. The van der Waals surface area contributed by atoms with Crippen LogP contribution >= 0.6 is 0 Å². The van der Waals surface area contributed by atoms with Gasteiger partial charge in [0.05, 0.1) is 33.4 Å². The molecule has 2 rings (SSSR count). The van der Waals surface area contributed by atoms with E-state index in [1.54, 1.807) is 0 Å². The third-order valence-electron chi connectivity index (χ3n) is 6.25. The lowest BCUT2D eigenvalue weighted by molar-refractivity contribution is -0.911. The molecule has 0 aromatic heterocycles. The molecule has 0 spiro atoms. The highest BCUT2D eigenvalue weighted by Crippen LogP contribution is 2.35. The molecule has 4 nitrogen and oxygen atoms in total. The normalized spacial score (nSPS) is 18.7. The Labute approximate surface area is 185 Å². The summed E-state index contributed by atoms with van der Waals surface area (Å²) in [5, 5.41) is 10.5. The second-order valence-electron chi connectivity index (χ2n) is 11.5. The number of aliphatic hydroxyl groups is 1. The maximum atomic E-state index is 10.5. The zero-order valence-corrected chi connectivity index (χ0v) is 20.6. The Balaban J connectivity index is 1.82. The van der Waals surface area contributed by atoms with Gasteiger partial charge >= 0.3 is 0 Å². The molecule has 1 saturated heterocycles. The van der Waals surface area contributed by atoms with Crippen LogP contribution in [-0.2, 0) is 15.6 Å². The molecule has 0 unspecified atom stereocenters. The topological polar surface area (TPSA) is 38.7 Å². The Morgan fingerprint density at radius 2 is 1.57 bits per heavy atom. The minimum absolute atomic E-state index is 0.0136. The van der Waals surface area contributed by atoms with E-state index in [1.807, 2.05) is 0 Å². The predicted octanol–water partition coefficient (Wildman–Crippen LogP) is 5.06. The Morgan fingerprint density at radius 1 is 0.933 bits per heavy atom. The van der Waals surface area contributed by atoms with Gasteiger partial charge < -0.3 is 19.1 Å². The SMILES string of the molecule is CC(C)(C)c1ccc(OCCOC[C@@H](O)C[N+]2(C)CCCCCC2)c(C(C)(C)C)c1. The Kier molecular flexibility index (Phi) is 8.79. The molecule has 0 bridgehead atoms. The molecule has 0 radical (unpaired) electrons. The van der Waals surface area contributed by atoms with Crippen molar-refractivity contribution in [2.24, 2.45) is 0 Å². The molecule has 1 atom stereocenters. The van der Waals surface area contributed by atoms with Crippen molar-refractivity contribution in [3.63, 3.8) is 0 Å². The predicted molar refractivity (Wildman–Crippen MR) is 125 cm³/mol. The first-order valence-corrected chi connectivity index (χ1v) is 11.8. The van der Waals surface area contributed by atoms with Gasteiger partial charge in [-0.15, -0.1) is 0 Å². The van der Waals surface area contributed by atoms with Crippen molar-refractivity contribution in [2.75, 3.05) is 46.5 Å². The highest BCUT2D eigenvalue weighted by molar-refractivity contribution is 5.43. The lowest BCUT2D eigenvalue weighted by atomic mass is 9.80. The molecular weight excluding hydrogens is 374 g/mol. The number of quaternary nitrogens is 1. The number of hydrogen-bond donors (Lipinski definition) is 1. The summed E-state index contributed by atoms with van der Waals surface area (Å²) in [6, 6.07) is 6.55. The molecule has 0 aliphatic carbocycles. The highest BCUT2D eigenvalue weighted by Gasteiger charge is 2.27. The summed E-state index contributed by atoms with van der Waals surface area (Å²) in [5.74, 6) is 0.933. The summed E-state index contributed by atoms with van der Waals surface area (Å²) >= 11 is 0. The van der Waals surface area contributed by atoms with Crippen molar-refractivity contribution < 1.29 is 19.1 Å². The number of ether oxygens (including phenoxy) is 2. The van der Waals surface area contributed by atoms with Crippen LogP contribution in [-0.4, -0.2) is 62.2 Å². The molecule has 1 aromatic rings. The summed E-state index contributed by atoms with van der Waals surface area (Å²) in [6.45, 7) is 17.9. The Bertz CT molecular complexity index is 649. The minimum Gasteiger partial charge on any atom is -0.491 e. The van der Waals surface area contributed by atoms with Crippen LogP contribution < -0.4 is 4.74 Å². The molecular formula is C26H46NO3+. The van der Waals surface area contributed by atoms with E-state index in [9.17, 15) is 5.11 Å².